The monoisotopic (exact) mass is 286 g/mol. The zero-order chi connectivity index (χ0) is 14.7. The molecule has 6 nitrogen and oxygen atoms in total. The van der Waals surface area contributed by atoms with E-state index in [-0.39, 0.29) is 18.4 Å². The summed E-state index contributed by atoms with van der Waals surface area (Å²) in [5.41, 5.74) is 1.89. The van der Waals surface area contributed by atoms with Crippen LogP contribution in [-0.4, -0.2) is 40.6 Å². The summed E-state index contributed by atoms with van der Waals surface area (Å²) in [4.78, 5) is 18.5. The molecule has 1 N–H and O–H groups in total. The van der Waals surface area contributed by atoms with Gasteiger partial charge in [0.2, 0.25) is 5.91 Å². The topological polar surface area (TPSA) is 71.3 Å². The lowest BCUT2D eigenvalue weighted by Gasteiger charge is -2.36. The van der Waals surface area contributed by atoms with Gasteiger partial charge in [-0.2, -0.15) is 0 Å². The van der Waals surface area contributed by atoms with Crippen molar-refractivity contribution in [1.29, 1.82) is 0 Å². The van der Waals surface area contributed by atoms with Crippen molar-refractivity contribution < 1.29 is 9.32 Å². The van der Waals surface area contributed by atoms with Crippen molar-refractivity contribution in [2.45, 2.75) is 19.4 Å². The van der Waals surface area contributed by atoms with E-state index >= 15 is 0 Å². The van der Waals surface area contributed by atoms with Crippen LogP contribution in [0.4, 0.5) is 0 Å². The maximum Gasteiger partial charge on any atom is 0.230 e. The smallest absolute Gasteiger partial charge is 0.230 e. The van der Waals surface area contributed by atoms with E-state index < -0.39 is 0 Å². The van der Waals surface area contributed by atoms with E-state index in [2.05, 4.69) is 15.5 Å². The Kier molecular flexibility index (Phi) is 3.96. The predicted octanol–water partition coefficient (Wildman–Crippen LogP) is 1.09. The molecule has 1 saturated heterocycles. The van der Waals surface area contributed by atoms with Gasteiger partial charge in [0, 0.05) is 38.1 Å². The fraction of sp³-hybridized carbons (Fsp3) is 0.400. The molecule has 1 atom stereocenters. The lowest BCUT2D eigenvalue weighted by atomic mass is 10.0. The average molecular weight is 286 g/mol. The third-order valence-electron chi connectivity index (χ3n) is 3.66. The van der Waals surface area contributed by atoms with Crippen molar-refractivity contribution in [1.82, 2.24) is 20.4 Å². The van der Waals surface area contributed by atoms with Gasteiger partial charge in [-0.25, -0.2) is 0 Å². The van der Waals surface area contributed by atoms with Gasteiger partial charge >= 0.3 is 0 Å². The zero-order valence-corrected chi connectivity index (χ0v) is 12.0. The summed E-state index contributed by atoms with van der Waals surface area (Å²) in [6.45, 7) is 4.11. The second-order valence-corrected chi connectivity index (χ2v) is 5.20. The summed E-state index contributed by atoms with van der Waals surface area (Å²) in [7, 11) is 0. The van der Waals surface area contributed by atoms with Crippen molar-refractivity contribution in [3.05, 3.63) is 47.6 Å². The third kappa shape index (κ3) is 3.11. The first-order chi connectivity index (χ1) is 10.2. The predicted molar refractivity (Wildman–Crippen MR) is 76.5 cm³/mol. The molecule has 1 amide bonds. The molecule has 3 heterocycles. The van der Waals surface area contributed by atoms with Gasteiger partial charge in [-0.3, -0.25) is 9.78 Å². The highest BCUT2D eigenvalue weighted by Gasteiger charge is 2.28. The molecule has 21 heavy (non-hydrogen) atoms. The molecule has 0 bridgehead atoms. The molecule has 2 aromatic heterocycles. The standard InChI is InChI=1S/C15H18N4O2/c1-11-8-13(21-18-11)9-15(20)19-7-6-17-10-14(19)12-2-4-16-5-3-12/h2-5,8,14,17H,6-7,9-10H2,1H3. The van der Waals surface area contributed by atoms with Gasteiger partial charge < -0.3 is 14.7 Å². The van der Waals surface area contributed by atoms with Gasteiger partial charge in [-0.05, 0) is 24.6 Å². The van der Waals surface area contributed by atoms with Crippen molar-refractivity contribution in [2.75, 3.05) is 19.6 Å². The van der Waals surface area contributed by atoms with Gasteiger partial charge in [0.25, 0.3) is 0 Å². The van der Waals surface area contributed by atoms with Crippen LogP contribution in [0, 0.1) is 6.92 Å². The number of pyridine rings is 1. The van der Waals surface area contributed by atoms with Crippen LogP contribution in [0.25, 0.3) is 0 Å². The largest absolute Gasteiger partial charge is 0.361 e. The molecule has 0 aliphatic carbocycles. The number of rotatable bonds is 3. The molecule has 1 aliphatic rings. The molecule has 1 fully saturated rings. The van der Waals surface area contributed by atoms with Gasteiger partial charge in [-0.15, -0.1) is 0 Å². The minimum Gasteiger partial charge on any atom is -0.361 e. The van der Waals surface area contributed by atoms with Crippen LogP contribution >= 0.6 is 0 Å². The fourth-order valence-corrected chi connectivity index (χ4v) is 2.64. The van der Waals surface area contributed by atoms with Crippen molar-refractivity contribution in [2.24, 2.45) is 0 Å². The number of nitrogens with zero attached hydrogens (tertiary/aromatic N) is 3. The fourth-order valence-electron chi connectivity index (χ4n) is 2.64. The summed E-state index contributed by atoms with van der Waals surface area (Å²) in [6.07, 6.45) is 3.77. The minimum atomic E-state index is 0.0401. The van der Waals surface area contributed by atoms with Crippen LogP contribution in [0.2, 0.25) is 0 Å². The molecule has 0 aromatic carbocycles. The van der Waals surface area contributed by atoms with Gasteiger partial charge in [0.15, 0.2) is 0 Å². The minimum absolute atomic E-state index is 0.0401. The Bertz CT molecular complexity index is 611. The van der Waals surface area contributed by atoms with Crippen LogP contribution in [0.1, 0.15) is 23.1 Å². The molecule has 0 saturated carbocycles. The van der Waals surface area contributed by atoms with E-state index in [0.29, 0.717) is 12.3 Å². The highest BCUT2D eigenvalue weighted by molar-refractivity contribution is 5.78. The number of carbonyl (C=O) groups excluding carboxylic acids is 1. The Morgan fingerprint density at radius 1 is 1.48 bits per heavy atom. The van der Waals surface area contributed by atoms with E-state index in [0.717, 1.165) is 24.3 Å². The molecule has 110 valence electrons. The Hall–Kier alpha value is -2.21. The van der Waals surface area contributed by atoms with Crippen LogP contribution in [0.15, 0.2) is 35.1 Å². The summed E-state index contributed by atoms with van der Waals surface area (Å²) < 4.78 is 5.14. The number of aryl methyl sites for hydroxylation is 1. The second kappa shape index (κ2) is 6.05. The Morgan fingerprint density at radius 3 is 3.00 bits per heavy atom. The maximum absolute atomic E-state index is 12.6. The Morgan fingerprint density at radius 2 is 2.29 bits per heavy atom. The SMILES string of the molecule is Cc1cc(CC(=O)N2CCNCC2c2ccncc2)on1. The summed E-state index contributed by atoms with van der Waals surface area (Å²) in [5, 5.41) is 7.16. The quantitative estimate of drug-likeness (QED) is 0.914. The van der Waals surface area contributed by atoms with E-state index in [4.69, 9.17) is 4.52 Å². The number of hydrogen-bond donors (Lipinski definition) is 1. The van der Waals surface area contributed by atoms with E-state index in [9.17, 15) is 4.79 Å². The molecule has 0 spiro atoms. The van der Waals surface area contributed by atoms with Crippen molar-refractivity contribution in [3.63, 3.8) is 0 Å². The summed E-state index contributed by atoms with van der Waals surface area (Å²) in [5.74, 6) is 0.680. The highest BCUT2D eigenvalue weighted by Crippen LogP contribution is 2.22. The first-order valence-corrected chi connectivity index (χ1v) is 7.06. The van der Waals surface area contributed by atoms with Gasteiger partial charge in [-0.1, -0.05) is 5.16 Å². The number of piperazine rings is 1. The molecule has 2 aromatic rings. The molecule has 1 unspecified atom stereocenters. The van der Waals surface area contributed by atoms with Crippen LogP contribution < -0.4 is 5.32 Å². The van der Waals surface area contributed by atoms with Gasteiger partial charge in [0.05, 0.1) is 18.2 Å². The Balaban J connectivity index is 1.76. The van der Waals surface area contributed by atoms with E-state index in [1.165, 1.54) is 0 Å². The van der Waals surface area contributed by atoms with Crippen LogP contribution in [0.3, 0.4) is 0 Å². The molecular weight excluding hydrogens is 268 g/mol. The molecular formula is C15H18N4O2. The third-order valence-corrected chi connectivity index (χ3v) is 3.66. The molecule has 3 rings (SSSR count). The molecule has 0 radical (unpaired) electrons. The molecule has 1 aliphatic heterocycles. The van der Waals surface area contributed by atoms with Crippen molar-refractivity contribution >= 4 is 5.91 Å². The lowest BCUT2D eigenvalue weighted by Crippen LogP contribution is -2.49. The van der Waals surface area contributed by atoms with E-state index in [1.807, 2.05) is 30.0 Å². The van der Waals surface area contributed by atoms with E-state index in [1.54, 1.807) is 12.4 Å². The number of carbonyl (C=O) groups is 1. The summed E-state index contributed by atoms with van der Waals surface area (Å²) in [6, 6.07) is 5.76. The second-order valence-electron chi connectivity index (χ2n) is 5.20. The zero-order valence-electron chi connectivity index (χ0n) is 12.0. The number of hydrogen-bond acceptors (Lipinski definition) is 5. The number of nitrogens with one attached hydrogen (secondary N) is 1. The average Bonchev–Trinajstić information content (AvgIpc) is 2.93. The van der Waals surface area contributed by atoms with Gasteiger partial charge in [0.1, 0.15) is 5.76 Å². The first-order valence-electron chi connectivity index (χ1n) is 7.06. The van der Waals surface area contributed by atoms with Crippen LogP contribution in [-0.2, 0) is 11.2 Å². The first kappa shape index (κ1) is 13.8. The molecule has 6 heteroatoms. The maximum atomic E-state index is 12.6. The van der Waals surface area contributed by atoms with Crippen molar-refractivity contribution in [3.8, 4) is 0 Å². The van der Waals surface area contributed by atoms with Crippen LogP contribution in [0.5, 0.6) is 0 Å². The normalized spacial score (nSPS) is 18.7. The number of aromatic nitrogens is 2. The number of amides is 1. The Labute approximate surface area is 123 Å². The lowest BCUT2D eigenvalue weighted by molar-refractivity contribution is -0.134. The highest BCUT2D eigenvalue weighted by atomic mass is 16.5. The summed E-state index contributed by atoms with van der Waals surface area (Å²) >= 11 is 0.